The van der Waals surface area contributed by atoms with Gasteiger partial charge in [0.05, 0.1) is 18.4 Å². The summed E-state index contributed by atoms with van der Waals surface area (Å²) in [7, 11) is 1.63. The van der Waals surface area contributed by atoms with Crippen molar-refractivity contribution >= 4 is 5.91 Å². The molecule has 2 aromatic carbocycles. The molecule has 1 amide bonds. The molecule has 1 saturated heterocycles. The van der Waals surface area contributed by atoms with E-state index in [1.54, 1.807) is 18.0 Å². The molecule has 1 atom stereocenters. The molecule has 6 nitrogen and oxygen atoms in total. The third-order valence-corrected chi connectivity index (χ3v) is 6.02. The van der Waals surface area contributed by atoms with Crippen molar-refractivity contribution in [3.05, 3.63) is 66.4 Å². The number of methoxy groups -OCH3 is 1. The van der Waals surface area contributed by atoms with Crippen LogP contribution in [0.5, 0.6) is 5.75 Å². The topological polar surface area (TPSA) is 59.4 Å². The lowest BCUT2D eigenvalue weighted by Crippen LogP contribution is -2.36. The van der Waals surface area contributed by atoms with Gasteiger partial charge < -0.3 is 15.0 Å². The van der Waals surface area contributed by atoms with Crippen molar-refractivity contribution in [2.75, 3.05) is 33.3 Å². The second-order valence-electron chi connectivity index (χ2n) is 8.53. The smallest absolute Gasteiger partial charge is 0.255 e. The van der Waals surface area contributed by atoms with Crippen molar-refractivity contribution in [1.29, 1.82) is 0 Å². The summed E-state index contributed by atoms with van der Waals surface area (Å²) in [6.07, 6.45) is 5.34. The van der Waals surface area contributed by atoms with E-state index in [-0.39, 0.29) is 5.91 Å². The standard InChI is InChI=1S/C26H32N4O2/c1-20-10-8-16-29(18-20)17-9-15-27-26(31)23-19-30(21-11-4-3-5-12-21)28-25(23)22-13-6-7-14-24(22)32-2/h3-7,11-14,19-20H,8-10,15-18H2,1-2H3,(H,27,31). The number of likely N-dealkylation sites (tertiary alicyclic amines) is 1. The molecule has 1 unspecified atom stereocenters. The van der Waals surface area contributed by atoms with E-state index in [1.807, 2.05) is 54.6 Å². The second kappa shape index (κ2) is 10.5. The molecule has 0 aliphatic carbocycles. The average molecular weight is 433 g/mol. The molecule has 1 aliphatic heterocycles. The monoisotopic (exact) mass is 432 g/mol. The lowest BCUT2D eigenvalue weighted by Gasteiger charge is -2.30. The molecule has 0 saturated carbocycles. The van der Waals surface area contributed by atoms with Crippen LogP contribution in [0.25, 0.3) is 16.9 Å². The third-order valence-electron chi connectivity index (χ3n) is 6.02. The first-order chi connectivity index (χ1) is 15.7. The van der Waals surface area contributed by atoms with Crippen molar-refractivity contribution in [3.63, 3.8) is 0 Å². The molecular weight excluding hydrogens is 400 g/mol. The fraction of sp³-hybridized carbons (Fsp3) is 0.385. The Bertz CT molecular complexity index is 1030. The van der Waals surface area contributed by atoms with Gasteiger partial charge in [-0.1, -0.05) is 37.3 Å². The first kappa shape index (κ1) is 22.1. The minimum Gasteiger partial charge on any atom is -0.496 e. The van der Waals surface area contributed by atoms with E-state index in [1.165, 1.54) is 19.4 Å². The number of aromatic nitrogens is 2. The lowest BCUT2D eigenvalue weighted by molar-refractivity contribution is 0.0950. The van der Waals surface area contributed by atoms with Gasteiger partial charge in [0.1, 0.15) is 11.4 Å². The van der Waals surface area contributed by atoms with E-state index in [0.29, 0.717) is 23.6 Å². The Hall–Kier alpha value is -3.12. The molecule has 1 fully saturated rings. The van der Waals surface area contributed by atoms with Crippen molar-refractivity contribution in [2.24, 2.45) is 5.92 Å². The van der Waals surface area contributed by atoms with Crippen LogP contribution in [-0.2, 0) is 0 Å². The maximum Gasteiger partial charge on any atom is 0.255 e. The number of hydrogen-bond acceptors (Lipinski definition) is 4. The van der Waals surface area contributed by atoms with Gasteiger partial charge in [0.25, 0.3) is 5.91 Å². The van der Waals surface area contributed by atoms with Gasteiger partial charge in [-0.15, -0.1) is 0 Å². The molecule has 4 rings (SSSR count). The zero-order valence-corrected chi connectivity index (χ0v) is 19.0. The van der Waals surface area contributed by atoms with Gasteiger partial charge in [0, 0.05) is 24.8 Å². The molecular formula is C26H32N4O2. The van der Waals surface area contributed by atoms with Crippen molar-refractivity contribution in [3.8, 4) is 22.7 Å². The zero-order chi connectivity index (χ0) is 22.3. The summed E-state index contributed by atoms with van der Waals surface area (Å²) < 4.78 is 7.29. The fourth-order valence-corrected chi connectivity index (χ4v) is 4.38. The first-order valence-electron chi connectivity index (χ1n) is 11.4. The highest BCUT2D eigenvalue weighted by Gasteiger charge is 2.21. The Morgan fingerprint density at radius 1 is 1.16 bits per heavy atom. The molecule has 168 valence electrons. The molecule has 6 heteroatoms. The number of carbonyl (C=O) groups is 1. The molecule has 0 radical (unpaired) electrons. The predicted molar refractivity (Wildman–Crippen MR) is 127 cm³/mol. The highest BCUT2D eigenvalue weighted by atomic mass is 16.5. The Kier molecular flexibility index (Phi) is 7.22. The van der Waals surface area contributed by atoms with Crippen LogP contribution in [0.3, 0.4) is 0 Å². The molecule has 32 heavy (non-hydrogen) atoms. The highest BCUT2D eigenvalue weighted by Crippen LogP contribution is 2.31. The molecule has 3 aromatic rings. The zero-order valence-electron chi connectivity index (χ0n) is 19.0. The molecule has 2 heterocycles. The highest BCUT2D eigenvalue weighted by molar-refractivity contribution is 6.00. The number of rotatable bonds is 8. The molecule has 1 aromatic heterocycles. The van der Waals surface area contributed by atoms with Crippen molar-refractivity contribution in [2.45, 2.75) is 26.2 Å². The van der Waals surface area contributed by atoms with E-state index in [4.69, 9.17) is 9.84 Å². The Balaban J connectivity index is 1.51. The Morgan fingerprint density at radius 3 is 2.72 bits per heavy atom. The summed E-state index contributed by atoms with van der Waals surface area (Å²) in [5, 5.41) is 7.86. The van der Waals surface area contributed by atoms with Crippen LogP contribution in [0.2, 0.25) is 0 Å². The van der Waals surface area contributed by atoms with Gasteiger partial charge >= 0.3 is 0 Å². The molecule has 0 bridgehead atoms. The number of ether oxygens (including phenoxy) is 1. The van der Waals surface area contributed by atoms with E-state index in [0.717, 1.165) is 36.7 Å². The van der Waals surface area contributed by atoms with Gasteiger partial charge in [0.2, 0.25) is 0 Å². The summed E-state index contributed by atoms with van der Waals surface area (Å²) in [5.74, 6) is 1.35. The summed E-state index contributed by atoms with van der Waals surface area (Å²) >= 11 is 0. The van der Waals surface area contributed by atoms with E-state index >= 15 is 0 Å². The average Bonchev–Trinajstić information content (AvgIpc) is 3.28. The number of nitrogens with zero attached hydrogens (tertiary/aromatic N) is 3. The number of piperidine rings is 1. The predicted octanol–water partition coefficient (Wildman–Crippen LogP) is 4.40. The Labute approximate surface area is 190 Å². The minimum atomic E-state index is -0.111. The van der Waals surface area contributed by atoms with Crippen LogP contribution in [0, 0.1) is 5.92 Å². The van der Waals surface area contributed by atoms with Gasteiger partial charge in [-0.25, -0.2) is 4.68 Å². The number of amides is 1. The summed E-state index contributed by atoms with van der Waals surface area (Å²) in [4.78, 5) is 15.7. The summed E-state index contributed by atoms with van der Waals surface area (Å²) in [5.41, 5.74) is 2.87. The largest absolute Gasteiger partial charge is 0.496 e. The van der Waals surface area contributed by atoms with Crippen LogP contribution < -0.4 is 10.1 Å². The number of para-hydroxylation sites is 2. The van der Waals surface area contributed by atoms with E-state index in [2.05, 4.69) is 17.1 Å². The minimum absolute atomic E-state index is 0.111. The second-order valence-corrected chi connectivity index (χ2v) is 8.53. The third kappa shape index (κ3) is 5.19. The Morgan fingerprint density at radius 2 is 1.94 bits per heavy atom. The molecule has 1 N–H and O–H groups in total. The van der Waals surface area contributed by atoms with Crippen LogP contribution >= 0.6 is 0 Å². The van der Waals surface area contributed by atoms with Crippen molar-refractivity contribution < 1.29 is 9.53 Å². The fourth-order valence-electron chi connectivity index (χ4n) is 4.38. The van der Waals surface area contributed by atoms with Gasteiger partial charge in [0.15, 0.2) is 0 Å². The number of hydrogen-bond donors (Lipinski definition) is 1. The van der Waals surface area contributed by atoms with Crippen LogP contribution in [0.1, 0.15) is 36.5 Å². The number of nitrogens with one attached hydrogen (secondary N) is 1. The normalized spacial score (nSPS) is 16.6. The van der Waals surface area contributed by atoms with Crippen LogP contribution in [0.15, 0.2) is 60.8 Å². The van der Waals surface area contributed by atoms with E-state index in [9.17, 15) is 4.79 Å². The van der Waals surface area contributed by atoms with Crippen LogP contribution in [-0.4, -0.2) is 53.9 Å². The number of benzene rings is 2. The first-order valence-corrected chi connectivity index (χ1v) is 11.4. The number of carbonyl (C=O) groups excluding carboxylic acids is 1. The molecule has 0 spiro atoms. The summed E-state index contributed by atoms with van der Waals surface area (Å²) in [6, 6.07) is 17.5. The maximum atomic E-state index is 13.2. The maximum absolute atomic E-state index is 13.2. The van der Waals surface area contributed by atoms with E-state index < -0.39 is 0 Å². The lowest BCUT2D eigenvalue weighted by atomic mass is 10.0. The van der Waals surface area contributed by atoms with Gasteiger partial charge in [-0.3, -0.25) is 4.79 Å². The van der Waals surface area contributed by atoms with Gasteiger partial charge in [-0.2, -0.15) is 5.10 Å². The van der Waals surface area contributed by atoms with Gasteiger partial charge in [-0.05, 0) is 62.5 Å². The van der Waals surface area contributed by atoms with Crippen molar-refractivity contribution in [1.82, 2.24) is 20.0 Å². The van der Waals surface area contributed by atoms with Crippen LogP contribution in [0.4, 0.5) is 0 Å². The quantitative estimate of drug-likeness (QED) is 0.536. The molecule has 1 aliphatic rings. The SMILES string of the molecule is COc1ccccc1-c1nn(-c2ccccc2)cc1C(=O)NCCCN1CCCC(C)C1. The summed E-state index contributed by atoms with van der Waals surface area (Å²) in [6.45, 7) is 6.31.